The summed E-state index contributed by atoms with van der Waals surface area (Å²) in [5, 5.41) is 3.85. The van der Waals surface area contributed by atoms with Gasteiger partial charge in [-0.1, -0.05) is 54.1 Å². The Bertz CT molecular complexity index is 736. The molecular formula is C22H28ClN3OS. The number of rotatable bonds is 9. The van der Waals surface area contributed by atoms with Gasteiger partial charge in [-0.2, -0.15) is 0 Å². The lowest BCUT2D eigenvalue weighted by atomic mass is 10.2. The molecule has 1 saturated heterocycles. The number of thioether (sulfide) groups is 1. The first kappa shape index (κ1) is 21.2. The van der Waals surface area contributed by atoms with Gasteiger partial charge in [-0.05, 0) is 36.4 Å². The summed E-state index contributed by atoms with van der Waals surface area (Å²) in [6, 6.07) is 18.1. The van der Waals surface area contributed by atoms with Crippen molar-refractivity contribution in [3.05, 3.63) is 65.2 Å². The molecule has 6 heteroatoms. The van der Waals surface area contributed by atoms with Crippen LogP contribution in [-0.4, -0.2) is 60.7 Å². The van der Waals surface area contributed by atoms with Crippen molar-refractivity contribution in [1.82, 2.24) is 15.1 Å². The summed E-state index contributed by atoms with van der Waals surface area (Å²) in [5.74, 6) is 1.18. The summed E-state index contributed by atoms with van der Waals surface area (Å²) in [6.07, 6.45) is 1.15. The van der Waals surface area contributed by atoms with E-state index in [0.717, 1.165) is 60.4 Å². The van der Waals surface area contributed by atoms with Crippen LogP contribution in [0.15, 0.2) is 59.5 Å². The number of piperazine rings is 1. The van der Waals surface area contributed by atoms with Gasteiger partial charge in [0.2, 0.25) is 5.91 Å². The number of nitrogens with zero attached hydrogens (tertiary/aromatic N) is 2. The van der Waals surface area contributed by atoms with Crippen molar-refractivity contribution in [2.45, 2.75) is 17.9 Å². The molecule has 1 amide bonds. The Morgan fingerprint density at radius 2 is 1.64 bits per heavy atom. The third-order valence-electron chi connectivity index (χ3n) is 4.88. The van der Waals surface area contributed by atoms with E-state index in [4.69, 9.17) is 11.6 Å². The van der Waals surface area contributed by atoms with Gasteiger partial charge in [-0.15, -0.1) is 11.8 Å². The fraction of sp³-hybridized carbons (Fsp3) is 0.409. The van der Waals surface area contributed by atoms with Gasteiger partial charge in [0.15, 0.2) is 0 Å². The fourth-order valence-corrected chi connectivity index (χ4v) is 4.43. The Morgan fingerprint density at radius 3 is 2.39 bits per heavy atom. The van der Waals surface area contributed by atoms with Crippen LogP contribution in [0.5, 0.6) is 0 Å². The van der Waals surface area contributed by atoms with E-state index >= 15 is 0 Å². The Labute approximate surface area is 177 Å². The molecule has 4 nitrogen and oxygen atoms in total. The second-order valence-electron chi connectivity index (χ2n) is 7.01. The van der Waals surface area contributed by atoms with Crippen LogP contribution >= 0.6 is 23.4 Å². The molecule has 28 heavy (non-hydrogen) atoms. The van der Waals surface area contributed by atoms with Gasteiger partial charge < -0.3 is 10.2 Å². The molecule has 1 N–H and O–H groups in total. The first-order valence-corrected chi connectivity index (χ1v) is 11.2. The highest BCUT2D eigenvalue weighted by Crippen LogP contribution is 2.26. The monoisotopic (exact) mass is 417 g/mol. The van der Waals surface area contributed by atoms with Crippen LogP contribution in [0.25, 0.3) is 0 Å². The van der Waals surface area contributed by atoms with Gasteiger partial charge in [-0.3, -0.25) is 9.69 Å². The zero-order chi connectivity index (χ0) is 19.6. The summed E-state index contributed by atoms with van der Waals surface area (Å²) in [7, 11) is 0. The minimum Gasteiger partial charge on any atom is -0.351 e. The average molecular weight is 418 g/mol. The molecule has 1 fully saturated rings. The highest BCUT2D eigenvalue weighted by atomic mass is 35.5. The summed E-state index contributed by atoms with van der Waals surface area (Å²) < 4.78 is 0. The molecule has 0 radical (unpaired) electrons. The molecule has 1 aliphatic heterocycles. The van der Waals surface area contributed by atoms with Crippen molar-refractivity contribution in [1.29, 1.82) is 0 Å². The van der Waals surface area contributed by atoms with Crippen molar-refractivity contribution >= 4 is 29.3 Å². The first-order valence-electron chi connectivity index (χ1n) is 9.83. The maximum Gasteiger partial charge on any atom is 0.234 e. The second-order valence-corrected chi connectivity index (χ2v) is 8.56. The van der Waals surface area contributed by atoms with E-state index < -0.39 is 0 Å². The lowest BCUT2D eigenvalue weighted by Crippen LogP contribution is -2.49. The summed E-state index contributed by atoms with van der Waals surface area (Å²) in [4.78, 5) is 18.1. The number of carbonyl (C=O) groups excluding carboxylic acids is 1. The average Bonchev–Trinajstić information content (AvgIpc) is 2.73. The first-order chi connectivity index (χ1) is 13.7. The highest BCUT2D eigenvalue weighted by molar-refractivity contribution is 7.99. The molecule has 2 aromatic rings. The van der Waals surface area contributed by atoms with Crippen LogP contribution in [-0.2, 0) is 11.3 Å². The quantitative estimate of drug-likeness (QED) is 0.497. The standard InChI is InChI=1S/C22H28ClN3OS/c23-20-9-4-5-10-21(20)28-16-6-11-25-12-14-26(15-13-25)18-22(27)24-17-19-7-2-1-3-8-19/h1-5,7-10H,6,11-18H2,(H,24,27). The predicted octanol–water partition coefficient (Wildman–Crippen LogP) is 3.76. The molecule has 150 valence electrons. The minimum absolute atomic E-state index is 0.105. The van der Waals surface area contributed by atoms with Gasteiger partial charge in [0.05, 0.1) is 11.6 Å². The summed E-state index contributed by atoms with van der Waals surface area (Å²) in [5.41, 5.74) is 1.13. The molecule has 0 saturated carbocycles. The Morgan fingerprint density at radius 1 is 0.964 bits per heavy atom. The summed E-state index contributed by atoms with van der Waals surface area (Å²) >= 11 is 8.02. The van der Waals surface area contributed by atoms with Gasteiger partial charge in [0.1, 0.15) is 0 Å². The van der Waals surface area contributed by atoms with E-state index in [9.17, 15) is 4.79 Å². The molecule has 0 aliphatic carbocycles. The van der Waals surface area contributed by atoms with E-state index in [1.54, 1.807) is 0 Å². The van der Waals surface area contributed by atoms with Crippen LogP contribution in [0.1, 0.15) is 12.0 Å². The largest absolute Gasteiger partial charge is 0.351 e. The molecule has 1 aliphatic rings. The topological polar surface area (TPSA) is 35.6 Å². The van der Waals surface area contributed by atoms with Crippen LogP contribution in [0.2, 0.25) is 5.02 Å². The maximum absolute atomic E-state index is 12.2. The van der Waals surface area contributed by atoms with Gasteiger partial charge >= 0.3 is 0 Å². The normalized spacial score (nSPS) is 15.5. The molecule has 1 heterocycles. The van der Waals surface area contributed by atoms with E-state index in [2.05, 4.69) is 21.2 Å². The third-order valence-corrected chi connectivity index (χ3v) is 6.48. The number of benzene rings is 2. The predicted molar refractivity (Wildman–Crippen MR) is 118 cm³/mol. The number of hydrogen-bond donors (Lipinski definition) is 1. The molecule has 3 rings (SSSR count). The molecule has 0 aromatic heterocycles. The number of carbonyl (C=O) groups is 1. The number of nitrogens with one attached hydrogen (secondary N) is 1. The zero-order valence-corrected chi connectivity index (χ0v) is 17.7. The molecule has 0 unspecified atom stereocenters. The lowest BCUT2D eigenvalue weighted by Gasteiger charge is -2.34. The van der Waals surface area contributed by atoms with Crippen LogP contribution in [0.4, 0.5) is 0 Å². The van der Waals surface area contributed by atoms with E-state index in [1.807, 2.05) is 60.3 Å². The van der Waals surface area contributed by atoms with E-state index in [-0.39, 0.29) is 5.91 Å². The Hall–Kier alpha value is -1.53. The fourth-order valence-electron chi connectivity index (χ4n) is 3.26. The van der Waals surface area contributed by atoms with Crippen molar-refractivity contribution in [2.24, 2.45) is 0 Å². The van der Waals surface area contributed by atoms with E-state index in [1.165, 1.54) is 0 Å². The van der Waals surface area contributed by atoms with E-state index in [0.29, 0.717) is 13.1 Å². The highest BCUT2D eigenvalue weighted by Gasteiger charge is 2.18. The molecule has 2 aromatic carbocycles. The number of amides is 1. The van der Waals surface area contributed by atoms with Gasteiger partial charge in [0.25, 0.3) is 0 Å². The number of halogens is 1. The molecule has 0 bridgehead atoms. The SMILES string of the molecule is O=C(CN1CCN(CCCSc2ccccc2Cl)CC1)NCc1ccccc1. The summed E-state index contributed by atoms with van der Waals surface area (Å²) in [6.45, 7) is 6.16. The number of hydrogen-bond acceptors (Lipinski definition) is 4. The lowest BCUT2D eigenvalue weighted by molar-refractivity contribution is -0.122. The zero-order valence-electron chi connectivity index (χ0n) is 16.1. The minimum atomic E-state index is 0.105. The van der Waals surface area contributed by atoms with Crippen LogP contribution in [0, 0.1) is 0 Å². The van der Waals surface area contributed by atoms with Crippen molar-refractivity contribution in [2.75, 3.05) is 45.0 Å². The molecular weight excluding hydrogens is 390 g/mol. The smallest absolute Gasteiger partial charge is 0.234 e. The third kappa shape index (κ3) is 7.13. The van der Waals surface area contributed by atoms with Crippen molar-refractivity contribution in [3.63, 3.8) is 0 Å². The molecule has 0 spiro atoms. The van der Waals surface area contributed by atoms with Crippen molar-refractivity contribution < 1.29 is 4.79 Å². The second kappa shape index (κ2) is 11.5. The maximum atomic E-state index is 12.2. The van der Waals surface area contributed by atoms with Crippen LogP contribution < -0.4 is 5.32 Å². The van der Waals surface area contributed by atoms with Gasteiger partial charge in [-0.25, -0.2) is 0 Å². The molecule has 0 atom stereocenters. The van der Waals surface area contributed by atoms with Gasteiger partial charge in [0, 0.05) is 37.6 Å². The Balaban J connectivity index is 1.27. The Kier molecular flexibility index (Phi) is 8.68. The van der Waals surface area contributed by atoms with Crippen LogP contribution in [0.3, 0.4) is 0 Å². The van der Waals surface area contributed by atoms with Crippen molar-refractivity contribution in [3.8, 4) is 0 Å².